The molecular formula is C17H24N6O3. The maximum atomic E-state index is 13.0. The van der Waals surface area contributed by atoms with Crippen molar-refractivity contribution in [3.05, 3.63) is 38.3 Å². The summed E-state index contributed by atoms with van der Waals surface area (Å²) in [5.74, 6) is 0.504. The minimum atomic E-state index is -0.361. The second-order valence-corrected chi connectivity index (χ2v) is 6.37. The highest BCUT2D eigenvalue weighted by Crippen LogP contribution is 2.17. The molecule has 0 aliphatic carbocycles. The molecule has 0 aromatic carbocycles. The summed E-state index contributed by atoms with van der Waals surface area (Å²) in [7, 11) is 3.24. The summed E-state index contributed by atoms with van der Waals surface area (Å²) in [5, 5.41) is 4.48. The number of aromatic nitrogens is 6. The molecule has 0 fully saturated rings. The molecule has 0 N–H and O–H groups in total. The van der Waals surface area contributed by atoms with Gasteiger partial charge in [0.2, 0.25) is 5.95 Å². The Bertz CT molecular complexity index is 1070. The SMILES string of the molecule is CCCn1c(=O)c2c(nc(-n3nc(C)cc3C)n2CCOC)n(C)c1=O. The number of methoxy groups -OCH3 is 1. The summed E-state index contributed by atoms with van der Waals surface area (Å²) in [6.07, 6.45) is 0.692. The molecule has 0 saturated carbocycles. The van der Waals surface area contributed by atoms with Gasteiger partial charge in [0.25, 0.3) is 5.56 Å². The zero-order chi connectivity index (χ0) is 19.0. The molecule has 3 heterocycles. The Morgan fingerprint density at radius 1 is 1.15 bits per heavy atom. The lowest BCUT2D eigenvalue weighted by Crippen LogP contribution is -2.39. The molecule has 9 nitrogen and oxygen atoms in total. The van der Waals surface area contributed by atoms with E-state index < -0.39 is 0 Å². The van der Waals surface area contributed by atoms with Gasteiger partial charge in [0, 0.05) is 32.9 Å². The first-order chi connectivity index (χ1) is 12.4. The van der Waals surface area contributed by atoms with E-state index in [2.05, 4.69) is 10.1 Å². The van der Waals surface area contributed by atoms with Crippen LogP contribution in [-0.4, -0.2) is 42.2 Å². The average Bonchev–Trinajstić information content (AvgIpc) is 3.14. The van der Waals surface area contributed by atoms with Crippen molar-refractivity contribution >= 4 is 11.2 Å². The molecule has 0 amide bonds. The van der Waals surface area contributed by atoms with Crippen LogP contribution < -0.4 is 11.2 Å². The van der Waals surface area contributed by atoms with Crippen molar-refractivity contribution < 1.29 is 4.74 Å². The fourth-order valence-corrected chi connectivity index (χ4v) is 3.17. The molecule has 0 unspecified atom stereocenters. The maximum absolute atomic E-state index is 13.0. The van der Waals surface area contributed by atoms with Crippen LogP contribution in [0.3, 0.4) is 0 Å². The molecule has 0 atom stereocenters. The maximum Gasteiger partial charge on any atom is 0.332 e. The van der Waals surface area contributed by atoms with Crippen LogP contribution in [0.2, 0.25) is 0 Å². The van der Waals surface area contributed by atoms with Gasteiger partial charge in [0.1, 0.15) is 0 Å². The van der Waals surface area contributed by atoms with Crippen molar-refractivity contribution in [2.24, 2.45) is 7.05 Å². The molecule has 0 aliphatic rings. The molecule has 3 rings (SSSR count). The highest BCUT2D eigenvalue weighted by atomic mass is 16.5. The molecule has 0 radical (unpaired) electrons. The number of imidazole rings is 1. The van der Waals surface area contributed by atoms with Crippen LogP contribution in [0.5, 0.6) is 0 Å². The second kappa shape index (κ2) is 6.91. The average molecular weight is 360 g/mol. The summed E-state index contributed by atoms with van der Waals surface area (Å²) in [4.78, 5) is 30.2. The van der Waals surface area contributed by atoms with E-state index in [1.165, 1.54) is 9.13 Å². The van der Waals surface area contributed by atoms with Crippen LogP contribution in [0.25, 0.3) is 17.1 Å². The van der Waals surface area contributed by atoms with E-state index in [1.807, 2.05) is 26.8 Å². The smallest absolute Gasteiger partial charge is 0.332 e. The van der Waals surface area contributed by atoms with Crippen molar-refractivity contribution in [3.63, 3.8) is 0 Å². The molecule has 9 heteroatoms. The van der Waals surface area contributed by atoms with Crippen LogP contribution in [0.1, 0.15) is 24.7 Å². The number of ether oxygens (including phenoxy) is 1. The normalized spacial score (nSPS) is 11.6. The fraction of sp³-hybridized carbons (Fsp3) is 0.529. The summed E-state index contributed by atoms with van der Waals surface area (Å²) >= 11 is 0. The zero-order valence-corrected chi connectivity index (χ0v) is 15.8. The molecule has 0 spiro atoms. The van der Waals surface area contributed by atoms with E-state index >= 15 is 0 Å². The van der Waals surface area contributed by atoms with Gasteiger partial charge in [-0.15, -0.1) is 0 Å². The van der Waals surface area contributed by atoms with Gasteiger partial charge in [0.15, 0.2) is 11.2 Å². The first-order valence-electron chi connectivity index (χ1n) is 8.63. The standard InChI is InChI=1S/C17H24N6O3/c1-6-7-22-15(24)13-14(20(4)17(22)25)18-16(21(13)8-9-26-5)23-12(3)10-11(2)19-23/h10H,6-9H2,1-5H3. The highest BCUT2D eigenvalue weighted by Gasteiger charge is 2.22. The summed E-state index contributed by atoms with van der Waals surface area (Å²) in [5.41, 5.74) is 1.80. The molecule has 0 aliphatic heterocycles. The molecule has 3 aromatic heterocycles. The number of fused-ring (bicyclic) bond motifs is 1. The van der Waals surface area contributed by atoms with E-state index in [0.29, 0.717) is 43.2 Å². The monoisotopic (exact) mass is 360 g/mol. The Kier molecular flexibility index (Phi) is 4.82. The molecule has 0 bridgehead atoms. The molecule has 140 valence electrons. The lowest BCUT2D eigenvalue weighted by atomic mass is 10.4. The van der Waals surface area contributed by atoms with E-state index in [9.17, 15) is 9.59 Å². The van der Waals surface area contributed by atoms with Gasteiger partial charge < -0.3 is 9.30 Å². The fourth-order valence-electron chi connectivity index (χ4n) is 3.17. The summed E-state index contributed by atoms with van der Waals surface area (Å²) in [6.45, 7) is 6.96. The van der Waals surface area contributed by atoms with Crippen LogP contribution in [0.4, 0.5) is 0 Å². The van der Waals surface area contributed by atoms with Crippen molar-refractivity contribution in [1.82, 2.24) is 28.5 Å². The number of hydrogen-bond acceptors (Lipinski definition) is 5. The third-order valence-corrected chi connectivity index (χ3v) is 4.38. The number of hydrogen-bond donors (Lipinski definition) is 0. The summed E-state index contributed by atoms with van der Waals surface area (Å²) in [6, 6.07) is 1.94. The lowest BCUT2D eigenvalue weighted by Gasteiger charge is -2.10. The number of rotatable bonds is 6. The minimum Gasteiger partial charge on any atom is -0.383 e. The molecule has 26 heavy (non-hydrogen) atoms. The van der Waals surface area contributed by atoms with Crippen LogP contribution in [0, 0.1) is 13.8 Å². The van der Waals surface area contributed by atoms with Gasteiger partial charge in [-0.2, -0.15) is 10.1 Å². The van der Waals surface area contributed by atoms with E-state index in [0.717, 1.165) is 11.4 Å². The Hall–Kier alpha value is -2.68. The van der Waals surface area contributed by atoms with Crippen LogP contribution in [-0.2, 0) is 24.9 Å². The number of nitrogens with zero attached hydrogens (tertiary/aromatic N) is 6. The zero-order valence-electron chi connectivity index (χ0n) is 15.8. The van der Waals surface area contributed by atoms with Crippen molar-refractivity contribution in [3.8, 4) is 5.95 Å². The van der Waals surface area contributed by atoms with Gasteiger partial charge in [-0.1, -0.05) is 6.92 Å². The second-order valence-electron chi connectivity index (χ2n) is 6.37. The third-order valence-electron chi connectivity index (χ3n) is 4.38. The molecule has 3 aromatic rings. The van der Waals surface area contributed by atoms with Gasteiger partial charge >= 0.3 is 5.69 Å². The molecule has 0 saturated heterocycles. The van der Waals surface area contributed by atoms with Gasteiger partial charge in [-0.3, -0.25) is 13.9 Å². The third kappa shape index (κ3) is 2.78. The quantitative estimate of drug-likeness (QED) is 0.647. The van der Waals surface area contributed by atoms with Crippen LogP contribution >= 0.6 is 0 Å². The van der Waals surface area contributed by atoms with Crippen molar-refractivity contribution in [1.29, 1.82) is 0 Å². The van der Waals surface area contributed by atoms with E-state index in [4.69, 9.17) is 4.74 Å². The Labute approximate surface area is 150 Å². The first kappa shape index (κ1) is 18.1. The predicted molar refractivity (Wildman–Crippen MR) is 98.0 cm³/mol. The topological polar surface area (TPSA) is 88.9 Å². The Morgan fingerprint density at radius 3 is 2.46 bits per heavy atom. The first-order valence-corrected chi connectivity index (χ1v) is 8.63. The number of aryl methyl sites for hydroxylation is 3. The predicted octanol–water partition coefficient (Wildman–Crippen LogP) is 0.756. The Morgan fingerprint density at radius 2 is 1.88 bits per heavy atom. The van der Waals surface area contributed by atoms with Gasteiger partial charge in [0.05, 0.1) is 12.3 Å². The van der Waals surface area contributed by atoms with E-state index in [-0.39, 0.29) is 11.2 Å². The lowest BCUT2D eigenvalue weighted by molar-refractivity contribution is 0.188. The largest absolute Gasteiger partial charge is 0.383 e. The minimum absolute atomic E-state index is 0.332. The van der Waals surface area contributed by atoms with Crippen molar-refractivity contribution in [2.75, 3.05) is 13.7 Å². The van der Waals surface area contributed by atoms with Crippen molar-refractivity contribution in [2.45, 2.75) is 40.3 Å². The van der Waals surface area contributed by atoms with Gasteiger partial charge in [-0.05, 0) is 26.3 Å². The Balaban J connectivity index is 2.41. The molecular weight excluding hydrogens is 336 g/mol. The summed E-state index contributed by atoms with van der Waals surface area (Å²) < 4.78 is 11.4. The van der Waals surface area contributed by atoms with E-state index in [1.54, 1.807) is 23.4 Å². The van der Waals surface area contributed by atoms with Gasteiger partial charge in [-0.25, -0.2) is 9.48 Å². The highest BCUT2D eigenvalue weighted by molar-refractivity contribution is 5.72. The van der Waals surface area contributed by atoms with Crippen LogP contribution in [0.15, 0.2) is 15.7 Å².